The van der Waals surface area contributed by atoms with Gasteiger partial charge < -0.3 is 10.2 Å². The maximum Gasteiger partial charge on any atom is 0.173 e. The van der Waals surface area contributed by atoms with E-state index >= 15 is 0 Å². The van der Waals surface area contributed by atoms with Gasteiger partial charge in [-0.05, 0) is 62.2 Å². The quantitative estimate of drug-likeness (QED) is 0.822. The van der Waals surface area contributed by atoms with E-state index in [1.165, 1.54) is 11.1 Å². The second kappa shape index (κ2) is 7.62. The zero-order valence-corrected chi connectivity index (χ0v) is 15.8. The molecule has 0 saturated carbocycles. The standard InChI is InChI=1S/C17H26N2O2S2/c1-4-5-9-19(16-8-10-23(20,21)12-16)17(22)18-15-7-6-13(2)14(3)11-15/h6-7,11,16H,4-5,8-10,12H2,1-3H3,(H,18,22)/t16-/m1/s1. The van der Waals surface area contributed by atoms with Crippen LogP contribution in [0.25, 0.3) is 0 Å². The number of rotatable bonds is 5. The fourth-order valence-corrected chi connectivity index (χ4v) is 4.90. The Kier molecular flexibility index (Phi) is 6.03. The van der Waals surface area contributed by atoms with Gasteiger partial charge in [-0.2, -0.15) is 0 Å². The summed E-state index contributed by atoms with van der Waals surface area (Å²) in [5.41, 5.74) is 3.41. The molecule has 1 aliphatic rings. The minimum Gasteiger partial charge on any atom is -0.345 e. The summed E-state index contributed by atoms with van der Waals surface area (Å²) >= 11 is 5.58. The van der Waals surface area contributed by atoms with Gasteiger partial charge in [0.25, 0.3) is 0 Å². The van der Waals surface area contributed by atoms with Crippen LogP contribution in [0.3, 0.4) is 0 Å². The zero-order chi connectivity index (χ0) is 17.0. The Morgan fingerprint density at radius 1 is 1.35 bits per heavy atom. The van der Waals surface area contributed by atoms with Crippen LogP contribution in [0, 0.1) is 13.8 Å². The van der Waals surface area contributed by atoms with Gasteiger partial charge in [-0.25, -0.2) is 8.42 Å². The number of hydrogen-bond donors (Lipinski definition) is 1. The van der Waals surface area contributed by atoms with E-state index in [4.69, 9.17) is 12.2 Å². The van der Waals surface area contributed by atoms with Crippen molar-refractivity contribution in [3.63, 3.8) is 0 Å². The molecule has 1 fully saturated rings. The van der Waals surface area contributed by atoms with Crippen LogP contribution < -0.4 is 5.32 Å². The van der Waals surface area contributed by atoms with E-state index in [-0.39, 0.29) is 17.5 Å². The normalized spacial score (nSPS) is 19.5. The van der Waals surface area contributed by atoms with Crippen molar-refractivity contribution in [1.29, 1.82) is 0 Å². The molecule has 0 spiro atoms. The molecule has 23 heavy (non-hydrogen) atoms. The van der Waals surface area contributed by atoms with Gasteiger partial charge in [0, 0.05) is 18.3 Å². The lowest BCUT2D eigenvalue weighted by Crippen LogP contribution is -2.44. The van der Waals surface area contributed by atoms with Gasteiger partial charge in [0.2, 0.25) is 0 Å². The lowest BCUT2D eigenvalue weighted by molar-refractivity contribution is 0.333. The lowest BCUT2D eigenvalue weighted by Gasteiger charge is -2.31. The second-order valence-corrected chi connectivity index (χ2v) is 8.95. The number of benzene rings is 1. The highest BCUT2D eigenvalue weighted by molar-refractivity contribution is 7.91. The number of thiocarbonyl (C=S) groups is 1. The van der Waals surface area contributed by atoms with Crippen molar-refractivity contribution >= 4 is 32.9 Å². The van der Waals surface area contributed by atoms with Crippen LogP contribution >= 0.6 is 12.2 Å². The lowest BCUT2D eigenvalue weighted by atomic mass is 10.1. The van der Waals surface area contributed by atoms with Gasteiger partial charge >= 0.3 is 0 Å². The summed E-state index contributed by atoms with van der Waals surface area (Å²) < 4.78 is 23.6. The highest BCUT2D eigenvalue weighted by Crippen LogP contribution is 2.21. The molecule has 0 radical (unpaired) electrons. The van der Waals surface area contributed by atoms with E-state index in [1.807, 2.05) is 6.07 Å². The number of nitrogens with zero attached hydrogens (tertiary/aromatic N) is 1. The molecule has 1 aromatic rings. The Morgan fingerprint density at radius 2 is 2.09 bits per heavy atom. The first-order chi connectivity index (χ1) is 10.8. The molecule has 1 heterocycles. The molecule has 1 aliphatic heterocycles. The Bertz CT molecular complexity index is 671. The number of unbranched alkanes of at least 4 members (excludes halogenated alkanes) is 1. The summed E-state index contributed by atoms with van der Waals surface area (Å²) in [6.07, 6.45) is 2.73. The third-order valence-electron chi connectivity index (χ3n) is 4.42. The van der Waals surface area contributed by atoms with E-state index in [2.05, 4.69) is 43.1 Å². The Hall–Kier alpha value is -1.14. The van der Waals surface area contributed by atoms with Crippen LogP contribution in [-0.2, 0) is 9.84 Å². The van der Waals surface area contributed by atoms with Crippen LogP contribution in [-0.4, -0.2) is 42.5 Å². The molecule has 1 saturated heterocycles. The third-order valence-corrected chi connectivity index (χ3v) is 6.51. The summed E-state index contributed by atoms with van der Waals surface area (Å²) in [7, 11) is -2.91. The molecule has 0 amide bonds. The molecule has 0 unspecified atom stereocenters. The molecule has 2 rings (SSSR count). The highest BCUT2D eigenvalue weighted by Gasteiger charge is 2.33. The third kappa shape index (κ3) is 4.91. The van der Waals surface area contributed by atoms with Crippen molar-refractivity contribution in [3.05, 3.63) is 29.3 Å². The molecule has 0 bridgehead atoms. The molecule has 1 aromatic carbocycles. The predicted octanol–water partition coefficient (Wildman–Crippen LogP) is 3.29. The van der Waals surface area contributed by atoms with Gasteiger partial charge in [-0.1, -0.05) is 19.4 Å². The first-order valence-corrected chi connectivity index (χ1v) is 10.4. The SMILES string of the molecule is CCCCN(C(=S)Nc1ccc(C)c(C)c1)[C@@H]1CCS(=O)(=O)C1. The molecule has 1 atom stereocenters. The van der Waals surface area contributed by atoms with Gasteiger partial charge in [0.1, 0.15) is 0 Å². The molecule has 4 nitrogen and oxygen atoms in total. The summed E-state index contributed by atoms with van der Waals surface area (Å²) in [6.45, 7) is 7.08. The van der Waals surface area contributed by atoms with Crippen molar-refractivity contribution < 1.29 is 8.42 Å². The van der Waals surface area contributed by atoms with E-state index in [0.29, 0.717) is 11.5 Å². The molecule has 128 valence electrons. The number of aryl methyl sites for hydroxylation is 2. The highest BCUT2D eigenvalue weighted by atomic mass is 32.2. The van der Waals surface area contributed by atoms with Gasteiger partial charge in [-0.15, -0.1) is 0 Å². The maximum absolute atomic E-state index is 11.8. The monoisotopic (exact) mass is 354 g/mol. The zero-order valence-electron chi connectivity index (χ0n) is 14.1. The summed E-state index contributed by atoms with van der Waals surface area (Å²) in [5.74, 6) is 0.484. The molecule has 1 N–H and O–H groups in total. The van der Waals surface area contributed by atoms with Crippen molar-refractivity contribution in [3.8, 4) is 0 Å². The minimum absolute atomic E-state index is 0.00176. The van der Waals surface area contributed by atoms with Crippen molar-refractivity contribution in [2.24, 2.45) is 0 Å². The van der Waals surface area contributed by atoms with Crippen LogP contribution in [0.2, 0.25) is 0 Å². The fraction of sp³-hybridized carbons (Fsp3) is 0.588. The van der Waals surface area contributed by atoms with Crippen molar-refractivity contribution in [2.75, 3.05) is 23.4 Å². The second-order valence-electron chi connectivity index (χ2n) is 6.33. The van der Waals surface area contributed by atoms with Gasteiger partial charge in [0.15, 0.2) is 14.9 Å². The number of anilines is 1. The van der Waals surface area contributed by atoms with Crippen LogP contribution in [0.1, 0.15) is 37.3 Å². The van der Waals surface area contributed by atoms with Crippen molar-refractivity contribution in [2.45, 2.75) is 46.1 Å². The number of sulfone groups is 1. The maximum atomic E-state index is 11.8. The average Bonchev–Trinajstić information content (AvgIpc) is 2.83. The largest absolute Gasteiger partial charge is 0.345 e. The van der Waals surface area contributed by atoms with Crippen LogP contribution in [0.5, 0.6) is 0 Å². The Labute approximate surface area is 145 Å². The van der Waals surface area contributed by atoms with E-state index in [9.17, 15) is 8.42 Å². The minimum atomic E-state index is -2.91. The summed E-state index contributed by atoms with van der Waals surface area (Å²) in [5, 5.41) is 3.91. The Balaban J connectivity index is 2.11. The fourth-order valence-electron chi connectivity index (χ4n) is 2.81. The van der Waals surface area contributed by atoms with Crippen molar-refractivity contribution in [1.82, 2.24) is 4.90 Å². The topological polar surface area (TPSA) is 49.4 Å². The molecule has 0 aromatic heterocycles. The van der Waals surface area contributed by atoms with Crippen LogP contribution in [0.15, 0.2) is 18.2 Å². The molecule has 0 aliphatic carbocycles. The van der Waals surface area contributed by atoms with E-state index in [1.54, 1.807) is 0 Å². The average molecular weight is 355 g/mol. The Morgan fingerprint density at radius 3 is 2.65 bits per heavy atom. The van der Waals surface area contributed by atoms with Gasteiger partial charge in [0.05, 0.1) is 11.5 Å². The van der Waals surface area contributed by atoms with E-state index < -0.39 is 9.84 Å². The van der Waals surface area contributed by atoms with Gasteiger partial charge in [-0.3, -0.25) is 0 Å². The smallest absolute Gasteiger partial charge is 0.173 e. The number of hydrogen-bond acceptors (Lipinski definition) is 3. The molecular weight excluding hydrogens is 328 g/mol. The predicted molar refractivity (Wildman–Crippen MR) is 101 cm³/mol. The molecular formula is C17H26N2O2S2. The number of nitrogens with one attached hydrogen (secondary N) is 1. The van der Waals surface area contributed by atoms with Crippen LogP contribution in [0.4, 0.5) is 5.69 Å². The first kappa shape index (κ1) is 18.2. The summed E-state index contributed by atoms with van der Waals surface area (Å²) in [4.78, 5) is 2.07. The molecule has 6 heteroatoms. The summed E-state index contributed by atoms with van der Waals surface area (Å²) in [6, 6.07) is 6.15. The first-order valence-electron chi connectivity index (χ1n) is 8.17. The van der Waals surface area contributed by atoms with E-state index in [0.717, 1.165) is 25.1 Å².